The monoisotopic (exact) mass is 422 g/mol. The normalized spacial score (nSPS) is 21.5. The molecule has 1 aromatic carbocycles. The number of rotatable bonds is 5. The van der Waals surface area contributed by atoms with Gasteiger partial charge in [-0.2, -0.15) is 0 Å². The lowest BCUT2D eigenvalue weighted by Crippen LogP contribution is -2.52. The van der Waals surface area contributed by atoms with Crippen molar-refractivity contribution >= 4 is 40.9 Å². The molecule has 1 fully saturated rings. The van der Waals surface area contributed by atoms with Crippen molar-refractivity contribution in [1.29, 1.82) is 0 Å². The first-order valence-electron chi connectivity index (χ1n) is 9.58. The highest BCUT2D eigenvalue weighted by atomic mass is 32.2. The molecule has 1 aromatic rings. The summed E-state index contributed by atoms with van der Waals surface area (Å²) >= 11 is 6.70. The summed E-state index contributed by atoms with van der Waals surface area (Å²) in [5, 5.41) is 3.75. The van der Waals surface area contributed by atoms with E-state index in [0.717, 1.165) is 11.3 Å². The predicted octanol–water partition coefficient (Wildman–Crippen LogP) is 2.80. The van der Waals surface area contributed by atoms with Crippen LogP contribution in [0.5, 0.6) is 0 Å². The van der Waals surface area contributed by atoms with Gasteiger partial charge in [-0.25, -0.2) is 0 Å². The Morgan fingerprint density at radius 2 is 1.89 bits per heavy atom. The lowest BCUT2D eigenvalue weighted by atomic mass is 9.78. The van der Waals surface area contributed by atoms with E-state index in [1.807, 2.05) is 12.1 Å². The van der Waals surface area contributed by atoms with Crippen molar-refractivity contribution in [3.63, 3.8) is 0 Å². The number of amides is 2. The number of carbonyl (C=O) groups excluding carboxylic acids is 2. The van der Waals surface area contributed by atoms with Crippen LogP contribution in [-0.4, -0.2) is 47.7 Å². The summed E-state index contributed by atoms with van der Waals surface area (Å²) in [5.74, 6) is 1.20. The van der Waals surface area contributed by atoms with Gasteiger partial charge in [0.05, 0.1) is 11.3 Å². The summed E-state index contributed by atoms with van der Waals surface area (Å²) in [7, 11) is 3.43. The molecule has 0 aliphatic heterocycles. The first kappa shape index (κ1) is 22.5. The van der Waals surface area contributed by atoms with Crippen LogP contribution in [0.4, 0.5) is 0 Å². The number of nitrogens with zero attached hydrogens (tertiary/aromatic N) is 1. The average molecular weight is 423 g/mol. The molecule has 1 aliphatic carbocycles. The van der Waals surface area contributed by atoms with Gasteiger partial charge in [0.1, 0.15) is 0 Å². The third-order valence-corrected chi connectivity index (χ3v) is 6.57. The molecule has 0 heterocycles. The molecule has 0 unspecified atom stereocenters. The van der Waals surface area contributed by atoms with E-state index >= 15 is 0 Å². The SMILES string of the molecule is C[C@H]1[C@@H](NC(=S)NNC(=O)c2ccccc2SCC(=O)N(C)C)CCC[C@@H]1C. The van der Waals surface area contributed by atoms with Crippen LogP contribution in [0.1, 0.15) is 43.5 Å². The zero-order chi connectivity index (χ0) is 20.7. The van der Waals surface area contributed by atoms with Crippen LogP contribution in [0, 0.1) is 11.8 Å². The second kappa shape index (κ2) is 10.7. The van der Waals surface area contributed by atoms with E-state index in [9.17, 15) is 9.59 Å². The zero-order valence-corrected chi connectivity index (χ0v) is 18.6. The summed E-state index contributed by atoms with van der Waals surface area (Å²) in [4.78, 5) is 26.7. The summed E-state index contributed by atoms with van der Waals surface area (Å²) in [6.07, 6.45) is 3.52. The standard InChI is InChI=1S/C20H30N4O2S2/c1-13-8-7-10-16(14(13)2)21-20(27)23-22-19(26)15-9-5-6-11-17(15)28-12-18(25)24(3)4/h5-6,9,11,13-14,16H,7-8,10,12H2,1-4H3,(H,22,26)(H2,21,23,27)/t13-,14+,16-/m0/s1. The van der Waals surface area contributed by atoms with Crippen LogP contribution in [-0.2, 0) is 4.79 Å². The van der Waals surface area contributed by atoms with Crippen molar-refractivity contribution in [1.82, 2.24) is 21.1 Å². The number of thiocarbonyl (C=S) groups is 1. The van der Waals surface area contributed by atoms with Gasteiger partial charge >= 0.3 is 0 Å². The molecule has 28 heavy (non-hydrogen) atoms. The van der Waals surface area contributed by atoms with Crippen LogP contribution in [0.2, 0.25) is 0 Å². The molecule has 3 N–H and O–H groups in total. The Balaban J connectivity index is 1.89. The van der Waals surface area contributed by atoms with Gasteiger partial charge in [0.2, 0.25) is 5.91 Å². The van der Waals surface area contributed by atoms with Crippen molar-refractivity contribution in [3.05, 3.63) is 29.8 Å². The van der Waals surface area contributed by atoms with Gasteiger partial charge in [-0.3, -0.25) is 20.4 Å². The molecule has 0 radical (unpaired) electrons. The molecule has 154 valence electrons. The van der Waals surface area contributed by atoms with Gasteiger partial charge in [-0.15, -0.1) is 11.8 Å². The van der Waals surface area contributed by atoms with Crippen molar-refractivity contribution in [2.45, 2.75) is 44.0 Å². The Bertz CT molecular complexity index is 711. The van der Waals surface area contributed by atoms with Gasteiger partial charge in [0.25, 0.3) is 5.91 Å². The molecule has 2 rings (SSSR count). The number of nitrogens with one attached hydrogen (secondary N) is 3. The summed E-state index contributed by atoms with van der Waals surface area (Å²) in [6.45, 7) is 4.51. The largest absolute Gasteiger partial charge is 0.358 e. The fourth-order valence-electron chi connectivity index (χ4n) is 3.22. The third-order valence-electron chi connectivity index (χ3n) is 5.29. The van der Waals surface area contributed by atoms with Crippen molar-refractivity contribution < 1.29 is 9.59 Å². The van der Waals surface area contributed by atoms with E-state index in [0.29, 0.717) is 28.6 Å². The van der Waals surface area contributed by atoms with Gasteiger partial charge < -0.3 is 10.2 Å². The van der Waals surface area contributed by atoms with Crippen LogP contribution in [0.3, 0.4) is 0 Å². The van der Waals surface area contributed by atoms with Crippen LogP contribution < -0.4 is 16.2 Å². The molecule has 3 atom stereocenters. The van der Waals surface area contributed by atoms with E-state index < -0.39 is 0 Å². The Hall–Kier alpha value is -1.80. The molecule has 8 heteroatoms. The van der Waals surface area contributed by atoms with Crippen LogP contribution >= 0.6 is 24.0 Å². The Morgan fingerprint density at radius 1 is 1.18 bits per heavy atom. The maximum atomic E-state index is 12.6. The molecule has 2 amide bonds. The quantitative estimate of drug-likeness (QED) is 0.385. The highest BCUT2D eigenvalue weighted by Gasteiger charge is 2.27. The lowest BCUT2D eigenvalue weighted by Gasteiger charge is -2.35. The number of hydrogen-bond acceptors (Lipinski definition) is 4. The maximum Gasteiger partial charge on any atom is 0.270 e. The minimum atomic E-state index is -0.283. The summed E-state index contributed by atoms with van der Waals surface area (Å²) in [5.41, 5.74) is 5.98. The molecular formula is C20H30N4O2S2. The summed E-state index contributed by atoms with van der Waals surface area (Å²) in [6, 6.07) is 7.55. The van der Waals surface area contributed by atoms with E-state index in [-0.39, 0.29) is 17.6 Å². The van der Waals surface area contributed by atoms with Crippen LogP contribution in [0.15, 0.2) is 29.2 Å². The first-order valence-corrected chi connectivity index (χ1v) is 11.0. The predicted molar refractivity (Wildman–Crippen MR) is 118 cm³/mol. The number of carbonyl (C=O) groups is 2. The van der Waals surface area contributed by atoms with E-state index in [2.05, 4.69) is 30.0 Å². The third kappa shape index (κ3) is 6.38. The molecule has 1 aliphatic rings. The molecular weight excluding hydrogens is 392 g/mol. The molecule has 6 nitrogen and oxygen atoms in total. The molecule has 0 saturated heterocycles. The van der Waals surface area contributed by atoms with Crippen molar-refractivity contribution in [2.75, 3.05) is 19.8 Å². The Labute approximate surface area is 177 Å². The molecule has 0 bridgehead atoms. The molecule has 0 spiro atoms. The number of thioether (sulfide) groups is 1. The van der Waals surface area contributed by atoms with E-state index in [1.54, 1.807) is 26.2 Å². The lowest BCUT2D eigenvalue weighted by molar-refractivity contribution is -0.125. The second-order valence-corrected chi connectivity index (χ2v) is 8.92. The minimum Gasteiger partial charge on any atom is -0.358 e. The average Bonchev–Trinajstić information content (AvgIpc) is 2.68. The molecule has 1 saturated carbocycles. The van der Waals surface area contributed by atoms with Gasteiger partial charge in [-0.05, 0) is 42.6 Å². The topological polar surface area (TPSA) is 73.5 Å². The van der Waals surface area contributed by atoms with Crippen molar-refractivity contribution in [3.8, 4) is 0 Å². The summed E-state index contributed by atoms with van der Waals surface area (Å²) < 4.78 is 0. The number of benzene rings is 1. The van der Waals surface area contributed by atoms with E-state index in [4.69, 9.17) is 12.2 Å². The fourth-order valence-corrected chi connectivity index (χ4v) is 4.45. The Morgan fingerprint density at radius 3 is 2.61 bits per heavy atom. The first-order chi connectivity index (χ1) is 13.3. The highest BCUT2D eigenvalue weighted by Crippen LogP contribution is 2.29. The number of hydrogen-bond donors (Lipinski definition) is 3. The molecule has 0 aromatic heterocycles. The highest BCUT2D eigenvalue weighted by molar-refractivity contribution is 8.00. The second-order valence-electron chi connectivity index (χ2n) is 7.50. The van der Waals surface area contributed by atoms with Gasteiger partial charge in [0, 0.05) is 25.0 Å². The maximum absolute atomic E-state index is 12.6. The smallest absolute Gasteiger partial charge is 0.270 e. The van der Waals surface area contributed by atoms with Gasteiger partial charge in [-0.1, -0.05) is 38.8 Å². The van der Waals surface area contributed by atoms with Crippen LogP contribution in [0.25, 0.3) is 0 Å². The van der Waals surface area contributed by atoms with Crippen molar-refractivity contribution in [2.24, 2.45) is 11.8 Å². The zero-order valence-electron chi connectivity index (χ0n) is 17.0. The minimum absolute atomic E-state index is 0.000422. The fraction of sp³-hybridized carbons (Fsp3) is 0.550. The Kier molecular flexibility index (Phi) is 8.57. The number of hydrazine groups is 1. The van der Waals surface area contributed by atoms with Gasteiger partial charge in [0.15, 0.2) is 5.11 Å². The van der Waals surface area contributed by atoms with E-state index in [1.165, 1.54) is 29.5 Å².